The number of hydrogen-bond acceptors (Lipinski definition) is 8. The minimum absolute atomic E-state index is 0.0235. The van der Waals surface area contributed by atoms with E-state index in [1.54, 1.807) is 26.0 Å². The fourth-order valence-electron chi connectivity index (χ4n) is 4.14. The number of carboxylic acid groups (broad SMARTS) is 1. The van der Waals surface area contributed by atoms with Gasteiger partial charge >= 0.3 is 12.0 Å². The third kappa shape index (κ3) is 12.9. The molecule has 0 aromatic heterocycles. The van der Waals surface area contributed by atoms with Crippen LogP contribution in [0.1, 0.15) is 51.5 Å². The van der Waals surface area contributed by atoms with E-state index in [9.17, 15) is 33.6 Å². The molecule has 2 atom stereocenters. The molecule has 0 saturated carbocycles. The fraction of sp³-hybridized carbons (Fsp3) is 0.483. The van der Waals surface area contributed by atoms with Crippen molar-refractivity contribution in [2.75, 3.05) is 24.2 Å². The predicted octanol–water partition coefficient (Wildman–Crippen LogP) is 1.11. The first kappa shape index (κ1) is 35.8. The standard InChI is InChI=1S/C29H40N6O8S/c1-18(2)26(34-22(36)6-4-15-35-23(37)11-12-24(35)38)28(42)33-21(5-3-14-31-29(30)43)27(41)32-20-9-7-19(8-10-20)17-44-16-13-25(39)40/h7-12,18,21,26H,3-6,13-17H2,1-2H3,(H,32,41)(H,33,42)(H,34,36)(H,39,40)(H3,30,31,43)/t21?,26-/m0/s1. The number of amides is 7. The summed E-state index contributed by atoms with van der Waals surface area (Å²) in [5.41, 5.74) is 6.55. The third-order valence-corrected chi connectivity index (χ3v) is 7.53. The van der Waals surface area contributed by atoms with Gasteiger partial charge in [0.2, 0.25) is 17.7 Å². The molecule has 1 aliphatic heterocycles. The van der Waals surface area contributed by atoms with E-state index < -0.39 is 53.6 Å². The number of urea groups is 1. The molecule has 1 heterocycles. The molecular weight excluding hydrogens is 592 g/mol. The van der Waals surface area contributed by atoms with Crippen LogP contribution in [-0.2, 0) is 34.5 Å². The van der Waals surface area contributed by atoms with Gasteiger partial charge in [-0.05, 0) is 42.9 Å². The molecule has 0 bridgehead atoms. The molecule has 0 saturated heterocycles. The SMILES string of the molecule is CC(C)[C@H](NC(=O)CCCN1C(=O)C=CC1=O)C(=O)NC(CCCNC(N)=O)C(=O)Nc1ccc(CSCCC(=O)O)cc1. The molecule has 1 aromatic carbocycles. The summed E-state index contributed by atoms with van der Waals surface area (Å²) in [6, 6.07) is 4.35. The lowest BCUT2D eigenvalue weighted by Gasteiger charge is -2.25. The number of anilines is 1. The monoisotopic (exact) mass is 632 g/mol. The van der Waals surface area contributed by atoms with E-state index in [2.05, 4.69) is 21.3 Å². The predicted molar refractivity (Wildman–Crippen MR) is 164 cm³/mol. The molecule has 0 radical (unpaired) electrons. The van der Waals surface area contributed by atoms with E-state index in [4.69, 9.17) is 10.8 Å². The van der Waals surface area contributed by atoms with Crippen molar-refractivity contribution in [3.63, 3.8) is 0 Å². The van der Waals surface area contributed by atoms with E-state index in [1.165, 1.54) is 23.9 Å². The lowest BCUT2D eigenvalue weighted by molar-refractivity contribution is -0.138. The first-order valence-corrected chi connectivity index (χ1v) is 15.4. The Balaban J connectivity index is 1.98. The number of rotatable bonds is 19. The van der Waals surface area contributed by atoms with E-state index in [0.717, 1.165) is 10.5 Å². The maximum absolute atomic E-state index is 13.3. The number of carbonyl (C=O) groups excluding carboxylic acids is 6. The van der Waals surface area contributed by atoms with Gasteiger partial charge in [0, 0.05) is 48.9 Å². The second kappa shape index (κ2) is 18.3. The number of nitrogens with two attached hydrogens (primary N) is 1. The Bertz CT molecular complexity index is 1220. The minimum atomic E-state index is -0.999. The van der Waals surface area contributed by atoms with Crippen LogP contribution < -0.4 is 27.0 Å². The van der Waals surface area contributed by atoms with Crippen LogP contribution >= 0.6 is 11.8 Å². The van der Waals surface area contributed by atoms with E-state index in [0.29, 0.717) is 23.6 Å². The number of aliphatic carboxylic acids is 1. The number of imide groups is 1. The number of primary amides is 1. The average Bonchev–Trinajstić information content (AvgIpc) is 3.28. The summed E-state index contributed by atoms with van der Waals surface area (Å²) in [4.78, 5) is 85.2. The maximum Gasteiger partial charge on any atom is 0.312 e. The summed E-state index contributed by atoms with van der Waals surface area (Å²) in [5.74, 6) is -2.47. The van der Waals surface area contributed by atoms with Crippen LogP contribution in [0.5, 0.6) is 0 Å². The summed E-state index contributed by atoms with van der Waals surface area (Å²) >= 11 is 1.48. The summed E-state index contributed by atoms with van der Waals surface area (Å²) < 4.78 is 0. The van der Waals surface area contributed by atoms with Gasteiger partial charge in [-0.1, -0.05) is 26.0 Å². The highest BCUT2D eigenvalue weighted by molar-refractivity contribution is 7.98. The van der Waals surface area contributed by atoms with Crippen LogP contribution in [0.4, 0.5) is 10.5 Å². The normalized spacial score (nSPS) is 13.8. The van der Waals surface area contributed by atoms with Gasteiger partial charge in [0.15, 0.2) is 0 Å². The molecule has 14 nitrogen and oxygen atoms in total. The molecule has 1 aromatic rings. The van der Waals surface area contributed by atoms with Gasteiger partial charge in [-0.2, -0.15) is 11.8 Å². The number of thioether (sulfide) groups is 1. The quantitative estimate of drug-likeness (QED) is 0.0949. The first-order valence-electron chi connectivity index (χ1n) is 14.2. The molecular formula is C29H40N6O8S. The Morgan fingerprint density at radius 3 is 2.18 bits per heavy atom. The Morgan fingerprint density at radius 1 is 0.932 bits per heavy atom. The molecule has 0 aliphatic carbocycles. The summed E-state index contributed by atoms with van der Waals surface area (Å²) in [6.45, 7) is 3.74. The van der Waals surface area contributed by atoms with Crippen molar-refractivity contribution >= 4 is 59.0 Å². The minimum Gasteiger partial charge on any atom is -0.481 e. The van der Waals surface area contributed by atoms with Crippen LogP contribution in [0.15, 0.2) is 36.4 Å². The van der Waals surface area contributed by atoms with Gasteiger partial charge in [0.25, 0.3) is 11.8 Å². The molecule has 1 aliphatic rings. The Hall–Kier alpha value is -4.40. The van der Waals surface area contributed by atoms with Crippen molar-refractivity contribution in [1.29, 1.82) is 0 Å². The summed E-state index contributed by atoms with van der Waals surface area (Å²) in [7, 11) is 0. The highest BCUT2D eigenvalue weighted by Crippen LogP contribution is 2.17. The number of carboxylic acids is 1. The van der Waals surface area contributed by atoms with E-state index in [1.807, 2.05) is 12.1 Å². The Kier molecular flexibility index (Phi) is 14.9. The van der Waals surface area contributed by atoms with E-state index >= 15 is 0 Å². The van der Waals surface area contributed by atoms with Crippen LogP contribution in [-0.4, -0.2) is 82.5 Å². The van der Waals surface area contributed by atoms with Crippen molar-refractivity contribution in [2.24, 2.45) is 11.7 Å². The fourth-order valence-corrected chi connectivity index (χ4v) is 5.03. The van der Waals surface area contributed by atoms with Crippen LogP contribution in [0.25, 0.3) is 0 Å². The van der Waals surface area contributed by atoms with Crippen molar-refractivity contribution < 1.29 is 38.7 Å². The van der Waals surface area contributed by atoms with E-state index in [-0.39, 0.29) is 44.7 Å². The topological polar surface area (TPSA) is 217 Å². The summed E-state index contributed by atoms with van der Waals surface area (Å²) in [6.07, 6.45) is 3.10. The second-order valence-corrected chi connectivity index (χ2v) is 11.5. The van der Waals surface area contributed by atoms with Crippen molar-refractivity contribution in [1.82, 2.24) is 20.9 Å². The number of benzene rings is 1. The highest BCUT2D eigenvalue weighted by Gasteiger charge is 2.29. The molecule has 44 heavy (non-hydrogen) atoms. The van der Waals surface area contributed by atoms with Crippen LogP contribution in [0.3, 0.4) is 0 Å². The van der Waals surface area contributed by atoms with Crippen molar-refractivity contribution in [3.05, 3.63) is 42.0 Å². The average molecular weight is 633 g/mol. The lowest BCUT2D eigenvalue weighted by atomic mass is 10.0. The van der Waals surface area contributed by atoms with Gasteiger partial charge < -0.3 is 32.1 Å². The molecule has 7 N–H and O–H groups in total. The Labute approximate surface area is 259 Å². The number of hydrogen-bond donors (Lipinski definition) is 6. The van der Waals surface area contributed by atoms with Gasteiger partial charge in [0.1, 0.15) is 12.1 Å². The molecule has 2 rings (SSSR count). The molecule has 1 unspecified atom stereocenters. The molecule has 240 valence electrons. The molecule has 0 fully saturated rings. The first-order chi connectivity index (χ1) is 20.9. The van der Waals surface area contributed by atoms with Gasteiger partial charge in [0.05, 0.1) is 6.42 Å². The zero-order chi connectivity index (χ0) is 32.6. The Morgan fingerprint density at radius 2 is 1.59 bits per heavy atom. The molecule has 7 amide bonds. The zero-order valence-electron chi connectivity index (χ0n) is 24.8. The smallest absolute Gasteiger partial charge is 0.312 e. The summed E-state index contributed by atoms with van der Waals surface area (Å²) in [5, 5.41) is 19.4. The maximum atomic E-state index is 13.3. The van der Waals surface area contributed by atoms with Crippen LogP contribution in [0, 0.1) is 5.92 Å². The zero-order valence-corrected chi connectivity index (χ0v) is 25.6. The third-order valence-electron chi connectivity index (χ3n) is 6.50. The largest absolute Gasteiger partial charge is 0.481 e. The lowest BCUT2D eigenvalue weighted by Crippen LogP contribution is -2.54. The molecule has 0 spiro atoms. The van der Waals surface area contributed by atoms with Gasteiger partial charge in [-0.15, -0.1) is 0 Å². The van der Waals surface area contributed by atoms with Crippen molar-refractivity contribution in [2.45, 2.75) is 63.8 Å². The molecule has 15 heteroatoms. The van der Waals surface area contributed by atoms with Gasteiger partial charge in [-0.25, -0.2) is 4.79 Å². The second-order valence-electron chi connectivity index (χ2n) is 10.4. The van der Waals surface area contributed by atoms with Crippen molar-refractivity contribution in [3.8, 4) is 0 Å². The number of nitrogens with one attached hydrogen (secondary N) is 4. The number of nitrogens with zero attached hydrogens (tertiary/aromatic N) is 1. The number of carbonyl (C=O) groups is 7. The van der Waals surface area contributed by atoms with Gasteiger partial charge in [-0.3, -0.25) is 33.7 Å². The highest BCUT2D eigenvalue weighted by atomic mass is 32.2. The van der Waals surface area contributed by atoms with Crippen LogP contribution in [0.2, 0.25) is 0 Å².